The molecule has 2 amide bonds. The van der Waals surface area contributed by atoms with Crippen LogP contribution in [0.5, 0.6) is 0 Å². The summed E-state index contributed by atoms with van der Waals surface area (Å²) in [4.78, 5) is 47.2. The topological polar surface area (TPSA) is 131 Å². The lowest BCUT2D eigenvalue weighted by Gasteiger charge is -2.20. The van der Waals surface area contributed by atoms with Crippen molar-refractivity contribution in [1.82, 2.24) is 10.6 Å². The number of ether oxygens (including phenoxy) is 2. The second-order valence-electron chi connectivity index (χ2n) is 4.94. The van der Waals surface area contributed by atoms with Gasteiger partial charge < -0.3 is 25.2 Å². The maximum absolute atomic E-state index is 12.2. The van der Waals surface area contributed by atoms with Crippen LogP contribution in [0.2, 0.25) is 0 Å². The number of esters is 2. The van der Waals surface area contributed by atoms with E-state index >= 15 is 0 Å². The van der Waals surface area contributed by atoms with Crippen LogP contribution in [0.3, 0.4) is 0 Å². The first-order valence-electron chi connectivity index (χ1n) is 7.34. The lowest BCUT2D eigenvalue weighted by atomic mass is 10.1. The molecular formula is C16H20N2O7. The first-order valence-corrected chi connectivity index (χ1v) is 7.34. The van der Waals surface area contributed by atoms with E-state index in [1.54, 1.807) is 18.2 Å². The van der Waals surface area contributed by atoms with Crippen LogP contribution in [-0.4, -0.2) is 61.8 Å². The molecule has 1 aromatic carbocycles. The van der Waals surface area contributed by atoms with Crippen molar-refractivity contribution in [3.05, 3.63) is 35.9 Å². The van der Waals surface area contributed by atoms with Gasteiger partial charge in [-0.05, 0) is 12.1 Å². The van der Waals surface area contributed by atoms with E-state index in [4.69, 9.17) is 0 Å². The zero-order valence-electron chi connectivity index (χ0n) is 13.9. The number of benzene rings is 1. The third kappa shape index (κ3) is 6.22. The van der Waals surface area contributed by atoms with Crippen LogP contribution < -0.4 is 10.6 Å². The second kappa shape index (κ2) is 10.0. The Bertz CT molecular complexity index is 618. The van der Waals surface area contributed by atoms with E-state index < -0.39 is 48.9 Å². The molecule has 1 rings (SSSR count). The Morgan fingerprint density at radius 1 is 1.00 bits per heavy atom. The van der Waals surface area contributed by atoms with Crippen LogP contribution in [0, 0.1) is 0 Å². The van der Waals surface area contributed by atoms with Gasteiger partial charge in [0.2, 0.25) is 5.91 Å². The van der Waals surface area contributed by atoms with Gasteiger partial charge in [0.25, 0.3) is 5.91 Å². The van der Waals surface area contributed by atoms with Gasteiger partial charge in [0.1, 0.15) is 12.1 Å². The fourth-order valence-electron chi connectivity index (χ4n) is 1.88. The van der Waals surface area contributed by atoms with Crippen LogP contribution in [0.4, 0.5) is 0 Å². The standard InChI is InChI=1S/C16H20N2O7/c1-24-13(20)8-11(16(23)25-2)17-15(22)12(9-19)18-14(21)10-6-4-3-5-7-10/h3-7,11-12,19H,8-9H2,1-2H3,(H,17,22)(H,18,21)/t11-,12-/m0/s1. The minimum Gasteiger partial charge on any atom is -0.469 e. The molecule has 0 heterocycles. The van der Waals surface area contributed by atoms with Crippen LogP contribution in [0.25, 0.3) is 0 Å². The van der Waals surface area contributed by atoms with E-state index in [0.717, 1.165) is 14.2 Å². The van der Waals surface area contributed by atoms with Crippen LogP contribution in [0.15, 0.2) is 30.3 Å². The average molecular weight is 352 g/mol. The third-order valence-electron chi connectivity index (χ3n) is 3.24. The van der Waals surface area contributed by atoms with Crippen LogP contribution >= 0.6 is 0 Å². The molecule has 0 radical (unpaired) electrons. The molecule has 0 saturated carbocycles. The maximum atomic E-state index is 12.2. The molecule has 0 bridgehead atoms. The Balaban J connectivity index is 2.77. The Labute approximate surface area is 144 Å². The number of hydrogen-bond donors (Lipinski definition) is 3. The SMILES string of the molecule is COC(=O)C[C@H](NC(=O)[C@H](CO)NC(=O)c1ccccc1)C(=O)OC. The van der Waals surface area contributed by atoms with Gasteiger partial charge in [-0.1, -0.05) is 18.2 Å². The number of rotatable bonds is 8. The molecule has 3 N–H and O–H groups in total. The van der Waals surface area contributed by atoms with Crippen molar-refractivity contribution >= 4 is 23.8 Å². The zero-order chi connectivity index (χ0) is 18.8. The summed E-state index contributed by atoms with van der Waals surface area (Å²) >= 11 is 0. The highest BCUT2D eigenvalue weighted by Crippen LogP contribution is 2.01. The van der Waals surface area contributed by atoms with E-state index in [2.05, 4.69) is 20.1 Å². The summed E-state index contributed by atoms with van der Waals surface area (Å²) in [5, 5.41) is 13.9. The lowest BCUT2D eigenvalue weighted by Crippen LogP contribution is -2.53. The molecule has 0 aliphatic heterocycles. The number of nitrogens with one attached hydrogen (secondary N) is 2. The molecule has 9 nitrogen and oxygen atoms in total. The maximum Gasteiger partial charge on any atom is 0.328 e. The monoisotopic (exact) mass is 352 g/mol. The molecule has 1 aromatic rings. The van der Waals surface area contributed by atoms with Gasteiger partial charge in [-0.25, -0.2) is 4.79 Å². The van der Waals surface area contributed by atoms with Gasteiger partial charge in [-0.3, -0.25) is 14.4 Å². The van der Waals surface area contributed by atoms with E-state index in [-0.39, 0.29) is 0 Å². The van der Waals surface area contributed by atoms with E-state index in [0.29, 0.717) is 5.56 Å². The van der Waals surface area contributed by atoms with Gasteiger partial charge in [-0.2, -0.15) is 0 Å². The minimum absolute atomic E-state index is 0.299. The summed E-state index contributed by atoms with van der Waals surface area (Å²) in [6, 6.07) is 5.48. The third-order valence-corrected chi connectivity index (χ3v) is 3.24. The molecule has 0 saturated heterocycles. The lowest BCUT2D eigenvalue weighted by molar-refractivity contribution is -0.150. The number of aliphatic hydroxyl groups excluding tert-OH is 1. The number of methoxy groups -OCH3 is 2. The summed E-state index contributed by atoms with van der Waals surface area (Å²) in [6.07, 6.45) is -0.445. The number of carbonyl (C=O) groups is 4. The molecule has 0 aromatic heterocycles. The molecule has 2 atom stereocenters. The first-order chi connectivity index (χ1) is 11.9. The van der Waals surface area contributed by atoms with Crippen molar-refractivity contribution in [3.63, 3.8) is 0 Å². The Morgan fingerprint density at radius 3 is 2.16 bits per heavy atom. The zero-order valence-corrected chi connectivity index (χ0v) is 13.9. The van der Waals surface area contributed by atoms with Gasteiger partial charge in [-0.15, -0.1) is 0 Å². The van der Waals surface area contributed by atoms with Crippen molar-refractivity contribution in [2.45, 2.75) is 18.5 Å². The van der Waals surface area contributed by atoms with Crippen LogP contribution in [0.1, 0.15) is 16.8 Å². The van der Waals surface area contributed by atoms with E-state index in [1.807, 2.05) is 0 Å². The van der Waals surface area contributed by atoms with Gasteiger partial charge in [0, 0.05) is 5.56 Å². The fraction of sp³-hybridized carbons (Fsp3) is 0.375. The number of hydrogen-bond acceptors (Lipinski definition) is 7. The van der Waals surface area contributed by atoms with E-state index in [9.17, 15) is 24.3 Å². The highest BCUT2D eigenvalue weighted by Gasteiger charge is 2.29. The van der Waals surface area contributed by atoms with Crippen molar-refractivity contribution < 1.29 is 33.8 Å². The number of aliphatic hydroxyl groups is 1. The normalized spacial score (nSPS) is 12.4. The first kappa shape index (κ1) is 20.1. The molecule has 0 fully saturated rings. The smallest absolute Gasteiger partial charge is 0.328 e. The molecule has 0 spiro atoms. The van der Waals surface area contributed by atoms with Crippen molar-refractivity contribution in [2.75, 3.05) is 20.8 Å². The largest absolute Gasteiger partial charge is 0.469 e. The highest BCUT2D eigenvalue weighted by molar-refractivity contribution is 5.98. The summed E-state index contributed by atoms with van der Waals surface area (Å²) in [5.41, 5.74) is 0.299. The summed E-state index contributed by atoms with van der Waals surface area (Å²) in [7, 11) is 2.23. The quantitative estimate of drug-likeness (QED) is 0.511. The minimum atomic E-state index is -1.31. The molecule has 0 unspecified atom stereocenters. The number of amides is 2. The summed E-state index contributed by atoms with van der Waals surface area (Å²) < 4.78 is 8.96. The molecule has 9 heteroatoms. The molecular weight excluding hydrogens is 332 g/mol. The second-order valence-corrected chi connectivity index (χ2v) is 4.94. The van der Waals surface area contributed by atoms with Crippen molar-refractivity contribution in [3.8, 4) is 0 Å². The number of carbonyl (C=O) groups excluding carboxylic acids is 4. The summed E-state index contributed by atoms with van der Waals surface area (Å²) in [6.45, 7) is -0.698. The predicted octanol–water partition coefficient (Wildman–Crippen LogP) is -1.00. The van der Waals surface area contributed by atoms with Gasteiger partial charge in [0.05, 0.1) is 27.2 Å². The molecule has 25 heavy (non-hydrogen) atoms. The highest BCUT2D eigenvalue weighted by atomic mass is 16.5. The Morgan fingerprint density at radius 2 is 1.64 bits per heavy atom. The van der Waals surface area contributed by atoms with Crippen molar-refractivity contribution in [1.29, 1.82) is 0 Å². The van der Waals surface area contributed by atoms with Gasteiger partial charge >= 0.3 is 11.9 Å². The molecule has 0 aliphatic rings. The Kier molecular flexibility index (Phi) is 8.07. The van der Waals surface area contributed by atoms with E-state index in [1.165, 1.54) is 12.1 Å². The van der Waals surface area contributed by atoms with Gasteiger partial charge in [0.15, 0.2) is 0 Å². The van der Waals surface area contributed by atoms with Crippen molar-refractivity contribution in [2.24, 2.45) is 0 Å². The molecule has 0 aliphatic carbocycles. The molecule has 136 valence electrons. The summed E-state index contributed by atoms with van der Waals surface area (Å²) in [5.74, 6) is -3.00. The fourth-order valence-corrected chi connectivity index (χ4v) is 1.88. The Hall–Kier alpha value is -2.94. The predicted molar refractivity (Wildman–Crippen MR) is 85.4 cm³/mol. The average Bonchev–Trinajstić information content (AvgIpc) is 2.64. The van der Waals surface area contributed by atoms with Crippen LogP contribution in [-0.2, 0) is 23.9 Å².